The van der Waals surface area contributed by atoms with Crippen molar-refractivity contribution in [1.29, 1.82) is 0 Å². The van der Waals surface area contributed by atoms with Crippen LogP contribution in [0.15, 0.2) is 24.3 Å². The Kier molecular flexibility index (Phi) is 4.71. The van der Waals surface area contributed by atoms with Gasteiger partial charge in [0.15, 0.2) is 11.6 Å². The van der Waals surface area contributed by atoms with Crippen molar-refractivity contribution in [1.82, 2.24) is 19.4 Å². The van der Waals surface area contributed by atoms with E-state index in [2.05, 4.69) is 9.88 Å². The molecule has 0 atom stereocenters. The standard InChI is InChI=1S/C17H20N4O3/c1-13(23)17-18-14-4-2-3-5-15(14)21(17)16(24)6-7-19-8-10-20(12-22)11-9-19/h2-5,12H,6-11H2,1H3. The monoisotopic (exact) mass is 328 g/mol. The molecule has 0 N–H and O–H groups in total. The Morgan fingerprint density at radius 2 is 1.88 bits per heavy atom. The lowest BCUT2D eigenvalue weighted by Gasteiger charge is -2.32. The van der Waals surface area contributed by atoms with Crippen molar-refractivity contribution >= 4 is 29.1 Å². The molecule has 7 heteroatoms. The van der Waals surface area contributed by atoms with E-state index in [0.717, 1.165) is 19.5 Å². The third kappa shape index (κ3) is 3.21. The van der Waals surface area contributed by atoms with E-state index >= 15 is 0 Å². The topological polar surface area (TPSA) is 75.5 Å². The van der Waals surface area contributed by atoms with Gasteiger partial charge in [0.1, 0.15) is 0 Å². The number of carbonyl (C=O) groups is 3. The van der Waals surface area contributed by atoms with Gasteiger partial charge < -0.3 is 4.90 Å². The zero-order chi connectivity index (χ0) is 17.1. The summed E-state index contributed by atoms with van der Waals surface area (Å²) >= 11 is 0. The molecule has 0 saturated carbocycles. The molecule has 126 valence electrons. The molecule has 1 amide bonds. The van der Waals surface area contributed by atoms with Crippen molar-refractivity contribution in [3.8, 4) is 0 Å². The Bertz CT molecular complexity index is 775. The van der Waals surface area contributed by atoms with Crippen LogP contribution in [0.3, 0.4) is 0 Å². The average molecular weight is 328 g/mol. The number of hydrogen-bond donors (Lipinski definition) is 0. The van der Waals surface area contributed by atoms with Crippen LogP contribution in [0.25, 0.3) is 11.0 Å². The second kappa shape index (κ2) is 6.92. The van der Waals surface area contributed by atoms with Gasteiger partial charge in [-0.3, -0.25) is 23.9 Å². The van der Waals surface area contributed by atoms with E-state index in [1.54, 1.807) is 17.0 Å². The van der Waals surface area contributed by atoms with E-state index in [1.165, 1.54) is 11.5 Å². The molecule has 24 heavy (non-hydrogen) atoms. The second-order valence-electron chi connectivity index (χ2n) is 5.94. The summed E-state index contributed by atoms with van der Waals surface area (Å²) in [6, 6.07) is 7.26. The fraction of sp³-hybridized carbons (Fsp3) is 0.412. The van der Waals surface area contributed by atoms with Gasteiger partial charge in [-0.15, -0.1) is 0 Å². The largest absolute Gasteiger partial charge is 0.343 e. The molecule has 1 aliphatic rings. The molecule has 1 aromatic carbocycles. The highest BCUT2D eigenvalue weighted by Crippen LogP contribution is 2.17. The van der Waals surface area contributed by atoms with Crippen LogP contribution in [0.4, 0.5) is 0 Å². The van der Waals surface area contributed by atoms with Crippen molar-refractivity contribution in [2.75, 3.05) is 32.7 Å². The molecule has 1 saturated heterocycles. The summed E-state index contributed by atoms with van der Waals surface area (Å²) in [4.78, 5) is 43.4. The molecular weight excluding hydrogens is 308 g/mol. The highest BCUT2D eigenvalue weighted by Gasteiger charge is 2.21. The van der Waals surface area contributed by atoms with Crippen molar-refractivity contribution in [2.45, 2.75) is 13.3 Å². The van der Waals surface area contributed by atoms with Gasteiger partial charge in [-0.05, 0) is 12.1 Å². The number of hydrogen-bond acceptors (Lipinski definition) is 5. The molecule has 1 fully saturated rings. The smallest absolute Gasteiger partial charge is 0.234 e. The number of para-hydroxylation sites is 2. The number of ketones is 1. The first-order valence-corrected chi connectivity index (χ1v) is 8.03. The van der Waals surface area contributed by atoms with Crippen LogP contribution in [0, 0.1) is 0 Å². The molecule has 7 nitrogen and oxygen atoms in total. The first kappa shape index (κ1) is 16.3. The fourth-order valence-electron chi connectivity index (χ4n) is 2.97. The van der Waals surface area contributed by atoms with Crippen LogP contribution < -0.4 is 0 Å². The second-order valence-corrected chi connectivity index (χ2v) is 5.94. The van der Waals surface area contributed by atoms with Gasteiger partial charge in [0, 0.05) is 46.1 Å². The number of benzene rings is 1. The molecule has 2 heterocycles. The number of carbonyl (C=O) groups excluding carboxylic acids is 3. The number of aromatic nitrogens is 2. The summed E-state index contributed by atoms with van der Waals surface area (Å²) in [6.07, 6.45) is 1.17. The van der Waals surface area contributed by atoms with E-state index < -0.39 is 0 Å². The van der Waals surface area contributed by atoms with Crippen molar-refractivity contribution in [3.05, 3.63) is 30.1 Å². The molecule has 1 aromatic heterocycles. The molecule has 0 spiro atoms. The minimum atomic E-state index is -0.223. The third-order valence-corrected chi connectivity index (χ3v) is 4.32. The molecule has 1 aliphatic heterocycles. The maximum atomic E-state index is 12.7. The molecule has 0 aliphatic carbocycles. The number of nitrogens with zero attached hydrogens (tertiary/aromatic N) is 4. The lowest BCUT2D eigenvalue weighted by Crippen LogP contribution is -2.46. The highest BCUT2D eigenvalue weighted by atomic mass is 16.2. The minimum absolute atomic E-state index is 0.133. The number of piperazine rings is 1. The molecule has 0 radical (unpaired) electrons. The maximum absolute atomic E-state index is 12.7. The normalized spacial score (nSPS) is 15.6. The van der Waals surface area contributed by atoms with Crippen LogP contribution >= 0.6 is 0 Å². The lowest BCUT2D eigenvalue weighted by molar-refractivity contribution is -0.119. The zero-order valence-corrected chi connectivity index (χ0v) is 13.6. The molecule has 3 rings (SSSR count). The summed E-state index contributed by atoms with van der Waals surface area (Å²) in [5.41, 5.74) is 1.31. The van der Waals surface area contributed by atoms with E-state index in [0.29, 0.717) is 37.1 Å². The van der Waals surface area contributed by atoms with Crippen LogP contribution in [0.5, 0.6) is 0 Å². The minimum Gasteiger partial charge on any atom is -0.343 e. The molecule has 2 aromatic rings. The number of Topliss-reactive ketones (excluding diaryl/α,β-unsaturated/α-hetero) is 1. The predicted octanol–water partition coefficient (Wildman–Crippen LogP) is 1.04. The van der Waals surface area contributed by atoms with Crippen molar-refractivity contribution in [3.63, 3.8) is 0 Å². The summed E-state index contributed by atoms with van der Waals surface area (Å²) < 4.78 is 1.43. The van der Waals surface area contributed by atoms with E-state index in [4.69, 9.17) is 0 Å². The molecule has 0 unspecified atom stereocenters. The number of fused-ring (bicyclic) bond motifs is 1. The first-order valence-electron chi connectivity index (χ1n) is 8.03. The molecule has 0 bridgehead atoms. The lowest BCUT2D eigenvalue weighted by atomic mass is 10.2. The predicted molar refractivity (Wildman–Crippen MR) is 89.1 cm³/mol. The van der Waals surface area contributed by atoms with Crippen molar-refractivity contribution < 1.29 is 14.4 Å². The zero-order valence-electron chi connectivity index (χ0n) is 13.6. The summed E-state index contributed by atoms with van der Waals surface area (Å²) in [5.74, 6) is -0.169. The van der Waals surface area contributed by atoms with Crippen LogP contribution in [-0.4, -0.2) is 70.2 Å². The van der Waals surface area contributed by atoms with Crippen LogP contribution in [-0.2, 0) is 4.79 Å². The number of rotatable bonds is 5. The SMILES string of the molecule is CC(=O)c1nc2ccccc2n1C(=O)CCN1CCN(C=O)CC1. The number of imidazole rings is 1. The van der Waals surface area contributed by atoms with E-state index in [9.17, 15) is 14.4 Å². The van der Waals surface area contributed by atoms with Crippen LogP contribution in [0.2, 0.25) is 0 Å². The van der Waals surface area contributed by atoms with Crippen LogP contribution in [0.1, 0.15) is 28.8 Å². The van der Waals surface area contributed by atoms with Gasteiger partial charge in [-0.1, -0.05) is 12.1 Å². The fourth-order valence-corrected chi connectivity index (χ4v) is 2.97. The Hall–Kier alpha value is -2.54. The van der Waals surface area contributed by atoms with Gasteiger partial charge in [0.2, 0.25) is 12.3 Å². The average Bonchev–Trinajstić information content (AvgIpc) is 3.00. The Morgan fingerprint density at radius 1 is 1.17 bits per heavy atom. The quantitative estimate of drug-likeness (QED) is 0.606. The summed E-state index contributed by atoms with van der Waals surface area (Å²) in [7, 11) is 0. The molecular formula is C17H20N4O3. The van der Waals surface area contributed by atoms with Gasteiger partial charge >= 0.3 is 0 Å². The van der Waals surface area contributed by atoms with Gasteiger partial charge in [0.05, 0.1) is 11.0 Å². The Balaban J connectivity index is 1.73. The number of amides is 1. The Morgan fingerprint density at radius 3 is 2.54 bits per heavy atom. The Labute approximate surface area is 139 Å². The van der Waals surface area contributed by atoms with Gasteiger partial charge in [0.25, 0.3) is 0 Å². The van der Waals surface area contributed by atoms with Crippen molar-refractivity contribution in [2.24, 2.45) is 0 Å². The summed E-state index contributed by atoms with van der Waals surface area (Å²) in [6.45, 7) is 4.92. The third-order valence-electron chi connectivity index (χ3n) is 4.32. The first-order chi connectivity index (χ1) is 11.6. The van der Waals surface area contributed by atoms with Gasteiger partial charge in [-0.25, -0.2) is 4.98 Å². The highest BCUT2D eigenvalue weighted by molar-refractivity contribution is 6.01. The van der Waals surface area contributed by atoms with E-state index in [-0.39, 0.29) is 17.5 Å². The van der Waals surface area contributed by atoms with Gasteiger partial charge in [-0.2, -0.15) is 0 Å². The maximum Gasteiger partial charge on any atom is 0.234 e. The van der Waals surface area contributed by atoms with E-state index in [1.807, 2.05) is 12.1 Å². The summed E-state index contributed by atoms with van der Waals surface area (Å²) in [5, 5.41) is 0.